The van der Waals surface area contributed by atoms with Gasteiger partial charge in [0.05, 0.1) is 0 Å². The minimum absolute atomic E-state index is 0.00923. The Morgan fingerprint density at radius 3 is 2.10 bits per heavy atom. The van der Waals surface area contributed by atoms with Gasteiger partial charge in [0.15, 0.2) is 0 Å². The summed E-state index contributed by atoms with van der Waals surface area (Å²) in [7, 11) is 0. The number of benzene rings is 2. The van der Waals surface area contributed by atoms with Crippen LogP contribution >= 0.6 is 0 Å². The first-order chi connectivity index (χ1) is 14.1. The van der Waals surface area contributed by atoms with Crippen molar-refractivity contribution in [2.24, 2.45) is 5.92 Å². The van der Waals surface area contributed by atoms with Crippen LogP contribution in [0.5, 0.6) is 0 Å². The molecule has 1 N–H and O–H groups in total. The maximum atomic E-state index is 13.4. The van der Waals surface area contributed by atoms with Crippen LogP contribution in [-0.2, 0) is 11.3 Å². The lowest BCUT2D eigenvalue weighted by Crippen LogP contribution is -2.54. The molecule has 1 saturated carbocycles. The highest BCUT2D eigenvalue weighted by molar-refractivity contribution is 5.97. The second-order valence-electron chi connectivity index (χ2n) is 8.32. The van der Waals surface area contributed by atoms with Crippen molar-refractivity contribution in [3.63, 3.8) is 0 Å². The van der Waals surface area contributed by atoms with Crippen LogP contribution in [0.2, 0.25) is 0 Å². The number of carbonyl (C=O) groups excluding carboxylic acids is 2. The van der Waals surface area contributed by atoms with E-state index in [4.69, 9.17) is 0 Å². The van der Waals surface area contributed by atoms with Gasteiger partial charge >= 0.3 is 0 Å². The molecular formula is C25H32N2O2. The number of carbonyl (C=O) groups is 2. The first-order valence-corrected chi connectivity index (χ1v) is 10.8. The molecule has 0 aliphatic heterocycles. The van der Waals surface area contributed by atoms with Gasteiger partial charge in [-0.3, -0.25) is 9.59 Å². The Bertz CT molecular complexity index is 783. The molecule has 0 heterocycles. The predicted molar refractivity (Wildman–Crippen MR) is 116 cm³/mol. The summed E-state index contributed by atoms with van der Waals surface area (Å²) in [4.78, 5) is 28.5. The van der Waals surface area contributed by atoms with E-state index in [0.717, 1.165) is 31.2 Å². The van der Waals surface area contributed by atoms with Crippen molar-refractivity contribution in [3.8, 4) is 0 Å². The third-order valence-electron chi connectivity index (χ3n) is 5.66. The summed E-state index contributed by atoms with van der Waals surface area (Å²) in [5.41, 5.74) is 1.63. The van der Waals surface area contributed by atoms with Crippen LogP contribution in [-0.4, -0.2) is 28.8 Å². The quantitative estimate of drug-likeness (QED) is 0.736. The largest absolute Gasteiger partial charge is 0.352 e. The minimum Gasteiger partial charge on any atom is -0.352 e. The van der Waals surface area contributed by atoms with Gasteiger partial charge in [-0.25, -0.2) is 0 Å². The summed E-state index contributed by atoms with van der Waals surface area (Å²) >= 11 is 0. The molecule has 29 heavy (non-hydrogen) atoms. The van der Waals surface area contributed by atoms with Crippen molar-refractivity contribution in [2.45, 2.75) is 64.6 Å². The molecule has 1 aliphatic carbocycles. The van der Waals surface area contributed by atoms with Crippen LogP contribution in [0.3, 0.4) is 0 Å². The highest BCUT2D eigenvalue weighted by Gasteiger charge is 2.34. The summed E-state index contributed by atoms with van der Waals surface area (Å²) in [6.45, 7) is 4.44. The lowest BCUT2D eigenvalue weighted by Gasteiger charge is -2.35. The van der Waals surface area contributed by atoms with Crippen molar-refractivity contribution < 1.29 is 9.59 Å². The molecule has 1 aliphatic rings. The molecule has 2 aromatic rings. The molecule has 0 aromatic heterocycles. The van der Waals surface area contributed by atoms with E-state index in [1.165, 1.54) is 6.42 Å². The van der Waals surface area contributed by atoms with Crippen LogP contribution in [0.25, 0.3) is 0 Å². The van der Waals surface area contributed by atoms with Crippen LogP contribution in [0.1, 0.15) is 61.9 Å². The second kappa shape index (κ2) is 10.2. The molecule has 0 spiro atoms. The van der Waals surface area contributed by atoms with E-state index in [2.05, 4.69) is 5.32 Å². The number of nitrogens with one attached hydrogen (secondary N) is 1. The lowest BCUT2D eigenvalue weighted by molar-refractivity contribution is -0.128. The fourth-order valence-corrected chi connectivity index (χ4v) is 4.16. The third kappa shape index (κ3) is 5.69. The van der Waals surface area contributed by atoms with Gasteiger partial charge in [0.25, 0.3) is 5.91 Å². The molecule has 1 atom stereocenters. The average molecular weight is 393 g/mol. The predicted octanol–water partition coefficient (Wildman–Crippen LogP) is 4.80. The molecule has 2 aromatic carbocycles. The topological polar surface area (TPSA) is 49.4 Å². The van der Waals surface area contributed by atoms with E-state index in [1.807, 2.05) is 74.5 Å². The first-order valence-electron chi connectivity index (χ1n) is 10.8. The van der Waals surface area contributed by atoms with E-state index in [0.29, 0.717) is 12.1 Å². The molecule has 4 nitrogen and oxygen atoms in total. The van der Waals surface area contributed by atoms with Gasteiger partial charge in [0.1, 0.15) is 6.04 Å². The smallest absolute Gasteiger partial charge is 0.254 e. The number of rotatable bonds is 7. The molecular weight excluding hydrogens is 360 g/mol. The summed E-state index contributed by atoms with van der Waals surface area (Å²) < 4.78 is 0. The van der Waals surface area contributed by atoms with E-state index < -0.39 is 6.04 Å². The summed E-state index contributed by atoms with van der Waals surface area (Å²) in [6.07, 6.45) is 5.62. The Labute approximate surface area is 174 Å². The van der Waals surface area contributed by atoms with Crippen LogP contribution in [0.4, 0.5) is 0 Å². The molecule has 1 fully saturated rings. The zero-order valence-corrected chi connectivity index (χ0v) is 17.5. The maximum absolute atomic E-state index is 13.4. The lowest BCUT2D eigenvalue weighted by atomic mass is 9.94. The Morgan fingerprint density at radius 1 is 0.931 bits per heavy atom. The summed E-state index contributed by atoms with van der Waals surface area (Å²) in [5.74, 6) is -0.131. The Kier molecular flexibility index (Phi) is 7.45. The van der Waals surface area contributed by atoms with Crippen molar-refractivity contribution in [3.05, 3.63) is 71.8 Å². The van der Waals surface area contributed by atoms with Crippen LogP contribution in [0, 0.1) is 5.92 Å². The van der Waals surface area contributed by atoms with Crippen molar-refractivity contribution in [1.82, 2.24) is 10.2 Å². The molecule has 0 bridgehead atoms. The Morgan fingerprint density at radius 2 is 1.52 bits per heavy atom. The average Bonchev–Trinajstić information content (AvgIpc) is 2.74. The Hall–Kier alpha value is -2.62. The number of hydrogen-bond donors (Lipinski definition) is 1. The van der Waals surface area contributed by atoms with Gasteiger partial charge in [-0.2, -0.15) is 0 Å². The highest BCUT2D eigenvalue weighted by atomic mass is 16.2. The van der Waals surface area contributed by atoms with Crippen molar-refractivity contribution in [2.75, 3.05) is 0 Å². The van der Waals surface area contributed by atoms with Gasteiger partial charge in [-0.1, -0.05) is 81.6 Å². The van der Waals surface area contributed by atoms with Gasteiger partial charge in [0, 0.05) is 18.2 Å². The van der Waals surface area contributed by atoms with E-state index in [-0.39, 0.29) is 23.8 Å². The van der Waals surface area contributed by atoms with E-state index in [1.54, 1.807) is 4.90 Å². The molecule has 154 valence electrons. The summed E-state index contributed by atoms with van der Waals surface area (Å²) in [5, 5.41) is 3.24. The molecule has 2 amide bonds. The molecule has 3 rings (SSSR count). The highest BCUT2D eigenvalue weighted by Crippen LogP contribution is 2.22. The minimum atomic E-state index is -0.509. The molecule has 0 unspecified atom stereocenters. The molecule has 0 saturated heterocycles. The van der Waals surface area contributed by atoms with Crippen LogP contribution < -0.4 is 5.32 Å². The first kappa shape index (κ1) is 21.1. The van der Waals surface area contributed by atoms with E-state index in [9.17, 15) is 9.59 Å². The van der Waals surface area contributed by atoms with Gasteiger partial charge in [-0.05, 0) is 36.5 Å². The summed E-state index contributed by atoms with van der Waals surface area (Å²) in [6, 6.07) is 18.9. The van der Waals surface area contributed by atoms with Crippen LogP contribution in [0.15, 0.2) is 60.7 Å². The standard InChI is InChI=1S/C25H32N2O2/c1-19(2)23(24(28)26-22-16-10-5-11-17-22)27(18-20-12-6-3-7-13-20)25(29)21-14-8-4-9-15-21/h3-4,6-9,12-15,19,22-23H,5,10-11,16-18H2,1-2H3,(H,26,28)/t23-/m0/s1. The van der Waals surface area contributed by atoms with Crippen molar-refractivity contribution >= 4 is 11.8 Å². The number of nitrogens with zero attached hydrogens (tertiary/aromatic N) is 1. The molecule has 0 radical (unpaired) electrons. The fraction of sp³-hybridized carbons (Fsp3) is 0.440. The maximum Gasteiger partial charge on any atom is 0.254 e. The van der Waals surface area contributed by atoms with E-state index >= 15 is 0 Å². The monoisotopic (exact) mass is 392 g/mol. The fourth-order valence-electron chi connectivity index (χ4n) is 4.16. The van der Waals surface area contributed by atoms with Gasteiger partial charge in [0.2, 0.25) is 5.91 Å². The Balaban J connectivity index is 1.87. The number of amides is 2. The molecule has 4 heteroatoms. The zero-order chi connectivity index (χ0) is 20.6. The van der Waals surface area contributed by atoms with Crippen molar-refractivity contribution in [1.29, 1.82) is 0 Å². The number of hydrogen-bond acceptors (Lipinski definition) is 2. The van der Waals surface area contributed by atoms with Gasteiger partial charge in [-0.15, -0.1) is 0 Å². The normalized spacial score (nSPS) is 15.7. The third-order valence-corrected chi connectivity index (χ3v) is 5.66. The SMILES string of the molecule is CC(C)[C@@H](C(=O)NC1CCCCC1)N(Cc1ccccc1)C(=O)c1ccccc1. The van der Waals surface area contributed by atoms with Gasteiger partial charge < -0.3 is 10.2 Å². The second-order valence-corrected chi connectivity index (χ2v) is 8.32. The zero-order valence-electron chi connectivity index (χ0n) is 17.5.